The molecule has 1 aromatic rings. The molecule has 1 rings (SSSR count). The van der Waals surface area contributed by atoms with Gasteiger partial charge in [-0.3, -0.25) is 4.55 Å². The fourth-order valence-electron chi connectivity index (χ4n) is 1.33. The quantitative estimate of drug-likeness (QED) is 0.171. The van der Waals surface area contributed by atoms with Crippen LogP contribution in [0.3, 0.4) is 0 Å². The summed E-state index contributed by atoms with van der Waals surface area (Å²) in [5.74, 6) is -0.735. The highest BCUT2D eigenvalue weighted by molar-refractivity contribution is 14.1. The molecule has 0 unspecified atom stereocenters. The maximum atomic E-state index is 11.9. The first-order chi connectivity index (χ1) is 9.20. The van der Waals surface area contributed by atoms with Gasteiger partial charge in [-0.25, -0.2) is 4.79 Å². The summed E-state index contributed by atoms with van der Waals surface area (Å²) in [7, 11) is -3.94. The van der Waals surface area contributed by atoms with Crippen LogP contribution in [0.15, 0.2) is 12.1 Å². The van der Waals surface area contributed by atoms with E-state index in [1.54, 1.807) is 6.07 Å². The molecule has 0 aliphatic heterocycles. The topological polar surface area (TPSA) is 80.7 Å². The van der Waals surface area contributed by atoms with Crippen molar-refractivity contribution in [1.82, 2.24) is 0 Å². The number of unbranched alkanes of at least 4 members (excludes halogenated alkanes) is 1. The van der Waals surface area contributed by atoms with E-state index in [-0.39, 0.29) is 18.8 Å². The zero-order chi connectivity index (χ0) is 15.3. The van der Waals surface area contributed by atoms with Gasteiger partial charge in [0, 0.05) is 10.7 Å². The van der Waals surface area contributed by atoms with Gasteiger partial charge in [-0.2, -0.15) is 8.42 Å². The van der Waals surface area contributed by atoms with E-state index in [1.807, 2.05) is 6.07 Å². The first-order valence-corrected chi connectivity index (χ1v) is 10.3. The number of halogens is 3. The van der Waals surface area contributed by atoms with Crippen molar-refractivity contribution in [3.63, 3.8) is 0 Å². The molecular formula is C11H11I3O5S. The maximum absolute atomic E-state index is 11.9. The number of benzene rings is 1. The SMILES string of the molecule is O=C(OCCCCS(=O)(=O)O)c1cc(I)cc(I)c1I. The van der Waals surface area contributed by atoms with Gasteiger partial charge in [0.05, 0.1) is 17.9 Å². The Bertz CT molecular complexity index is 600. The Morgan fingerprint density at radius 1 is 1.20 bits per heavy atom. The van der Waals surface area contributed by atoms with Crippen molar-refractivity contribution in [2.45, 2.75) is 12.8 Å². The highest BCUT2D eigenvalue weighted by Gasteiger charge is 2.15. The second-order valence-corrected chi connectivity index (χ2v) is 8.94. The van der Waals surface area contributed by atoms with Crippen LogP contribution in [-0.4, -0.2) is 31.3 Å². The van der Waals surface area contributed by atoms with Crippen molar-refractivity contribution in [1.29, 1.82) is 0 Å². The van der Waals surface area contributed by atoms with Gasteiger partial charge in [-0.05, 0) is 92.7 Å². The third-order valence-corrected chi connectivity index (χ3v) is 6.72. The highest BCUT2D eigenvalue weighted by atomic mass is 127. The standard InChI is InChI=1S/C11H11I3O5S/c12-7-5-8(10(14)9(13)6-7)11(15)19-3-1-2-4-20(16,17)18/h5-6H,1-4H2,(H,16,17,18). The van der Waals surface area contributed by atoms with Gasteiger partial charge in [-0.1, -0.05) is 0 Å². The average Bonchev–Trinajstić information content (AvgIpc) is 2.31. The second kappa shape index (κ2) is 8.43. The molecule has 0 saturated heterocycles. The third kappa shape index (κ3) is 6.70. The molecule has 0 spiro atoms. The summed E-state index contributed by atoms with van der Waals surface area (Å²) in [6.07, 6.45) is 0.649. The van der Waals surface area contributed by atoms with E-state index < -0.39 is 16.1 Å². The molecule has 1 N–H and O–H groups in total. The van der Waals surface area contributed by atoms with Crippen LogP contribution in [0.4, 0.5) is 0 Å². The summed E-state index contributed by atoms with van der Waals surface area (Å²) in [6, 6.07) is 3.72. The summed E-state index contributed by atoms with van der Waals surface area (Å²) in [4.78, 5) is 11.9. The zero-order valence-corrected chi connectivity index (χ0v) is 17.4. The summed E-state index contributed by atoms with van der Waals surface area (Å²) in [5.41, 5.74) is 0.511. The predicted octanol–water partition coefficient (Wildman–Crippen LogP) is 3.33. The van der Waals surface area contributed by atoms with Crippen LogP contribution < -0.4 is 0 Å². The normalized spacial score (nSPS) is 11.4. The fourth-order valence-corrected chi connectivity index (χ4v) is 4.28. The Balaban J connectivity index is 2.52. The molecule has 9 heteroatoms. The molecule has 0 aliphatic rings. The van der Waals surface area contributed by atoms with E-state index in [9.17, 15) is 13.2 Å². The largest absolute Gasteiger partial charge is 0.462 e. The fraction of sp³-hybridized carbons (Fsp3) is 0.364. The molecule has 0 heterocycles. The molecule has 112 valence electrons. The van der Waals surface area contributed by atoms with E-state index in [4.69, 9.17) is 9.29 Å². The molecule has 5 nitrogen and oxygen atoms in total. The van der Waals surface area contributed by atoms with Gasteiger partial charge in [0.1, 0.15) is 0 Å². The monoisotopic (exact) mass is 636 g/mol. The highest BCUT2D eigenvalue weighted by Crippen LogP contribution is 2.23. The molecule has 0 amide bonds. The lowest BCUT2D eigenvalue weighted by Gasteiger charge is -2.08. The summed E-state index contributed by atoms with van der Waals surface area (Å²) < 4.78 is 37.5. The molecule has 0 atom stereocenters. The Kier molecular flexibility index (Phi) is 7.94. The minimum absolute atomic E-state index is 0.131. The van der Waals surface area contributed by atoms with Crippen molar-refractivity contribution in [2.24, 2.45) is 0 Å². The lowest BCUT2D eigenvalue weighted by molar-refractivity contribution is 0.0498. The van der Waals surface area contributed by atoms with Crippen LogP contribution in [0, 0.1) is 10.7 Å². The van der Waals surface area contributed by atoms with Gasteiger partial charge < -0.3 is 4.74 Å². The molecule has 1 aromatic carbocycles. The van der Waals surface area contributed by atoms with Crippen molar-refractivity contribution in [3.05, 3.63) is 28.4 Å². The van der Waals surface area contributed by atoms with Gasteiger partial charge >= 0.3 is 5.97 Å². The van der Waals surface area contributed by atoms with Crippen LogP contribution in [0.1, 0.15) is 23.2 Å². The minimum atomic E-state index is -3.94. The summed E-state index contributed by atoms with van der Waals surface area (Å²) in [6.45, 7) is 0.131. The van der Waals surface area contributed by atoms with Crippen molar-refractivity contribution >= 4 is 83.9 Å². The number of carbonyl (C=O) groups is 1. The van der Waals surface area contributed by atoms with Gasteiger partial charge in [0.15, 0.2) is 0 Å². The Morgan fingerprint density at radius 2 is 1.85 bits per heavy atom. The van der Waals surface area contributed by atoms with Gasteiger partial charge in [-0.15, -0.1) is 0 Å². The van der Waals surface area contributed by atoms with Crippen molar-refractivity contribution in [2.75, 3.05) is 12.4 Å². The molecule has 0 aromatic heterocycles. The van der Waals surface area contributed by atoms with Crippen LogP contribution in [-0.2, 0) is 14.9 Å². The first kappa shape index (κ1) is 18.8. The molecule has 0 fully saturated rings. The number of carbonyl (C=O) groups excluding carboxylic acids is 1. The van der Waals surface area contributed by atoms with E-state index in [2.05, 4.69) is 67.8 Å². The molecule has 0 saturated carbocycles. The number of ether oxygens (including phenoxy) is 1. The lowest BCUT2D eigenvalue weighted by Crippen LogP contribution is -2.11. The van der Waals surface area contributed by atoms with E-state index in [1.165, 1.54) is 0 Å². The van der Waals surface area contributed by atoms with Crippen LogP contribution in [0.5, 0.6) is 0 Å². The summed E-state index contributed by atoms with van der Waals surface area (Å²) in [5, 5.41) is 0. The van der Waals surface area contributed by atoms with E-state index >= 15 is 0 Å². The number of hydrogen-bond acceptors (Lipinski definition) is 4. The van der Waals surface area contributed by atoms with E-state index in [0.717, 1.165) is 10.7 Å². The molecule has 0 bridgehead atoms. The van der Waals surface area contributed by atoms with Gasteiger partial charge in [0.25, 0.3) is 10.1 Å². The zero-order valence-electron chi connectivity index (χ0n) is 10.1. The van der Waals surface area contributed by atoms with Crippen molar-refractivity contribution in [3.8, 4) is 0 Å². The first-order valence-electron chi connectivity index (χ1n) is 5.47. The Hall–Kier alpha value is 0.790. The van der Waals surface area contributed by atoms with Gasteiger partial charge in [0.2, 0.25) is 0 Å². The van der Waals surface area contributed by atoms with Crippen molar-refractivity contribution < 1.29 is 22.5 Å². The smallest absolute Gasteiger partial charge is 0.339 e. The third-order valence-electron chi connectivity index (χ3n) is 2.24. The number of rotatable bonds is 6. The number of hydrogen-bond donors (Lipinski definition) is 1. The van der Waals surface area contributed by atoms with E-state index in [0.29, 0.717) is 12.0 Å². The maximum Gasteiger partial charge on any atom is 0.339 e. The molecule has 0 aliphatic carbocycles. The predicted molar refractivity (Wildman–Crippen MR) is 101 cm³/mol. The average molecular weight is 636 g/mol. The molecular weight excluding hydrogens is 625 g/mol. The number of esters is 1. The minimum Gasteiger partial charge on any atom is -0.462 e. The molecule has 20 heavy (non-hydrogen) atoms. The second-order valence-electron chi connectivity index (χ2n) is 3.88. The lowest BCUT2D eigenvalue weighted by atomic mass is 10.2. The van der Waals surface area contributed by atoms with Crippen LogP contribution in [0.2, 0.25) is 0 Å². The Labute approximate surface area is 158 Å². The summed E-state index contributed by atoms with van der Waals surface area (Å²) >= 11 is 6.38. The van der Waals surface area contributed by atoms with Crippen LogP contribution in [0.25, 0.3) is 0 Å². The Morgan fingerprint density at radius 3 is 2.45 bits per heavy atom. The molecule has 0 radical (unpaired) electrons. The van der Waals surface area contributed by atoms with Crippen LogP contribution >= 0.6 is 67.8 Å².